The molecule has 2 N–H and O–H groups in total. The molecule has 0 aliphatic carbocycles. The fraction of sp³-hybridized carbons (Fsp3) is 0.125. The van der Waals surface area contributed by atoms with Gasteiger partial charge in [-0.2, -0.15) is 5.10 Å². The monoisotopic (exact) mass is 210 g/mol. The van der Waals surface area contributed by atoms with Crippen LogP contribution < -0.4 is 5.73 Å². The van der Waals surface area contributed by atoms with Crippen LogP contribution in [0.1, 0.15) is 16.2 Å². The van der Waals surface area contributed by atoms with Crippen LogP contribution in [0.15, 0.2) is 12.1 Å². The van der Waals surface area contributed by atoms with Crippen molar-refractivity contribution in [1.82, 2.24) is 14.6 Å². The predicted molar refractivity (Wildman–Crippen MR) is 51.3 cm³/mol. The highest BCUT2D eigenvalue weighted by molar-refractivity contribution is 6.29. The van der Waals surface area contributed by atoms with Crippen molar-refractivity contribution >= 4 is 23.2 Å². The van der Waals surface area contributed by atoms with Crippen LogP contribution in [0.4, 0.5) is 0 Å². The Kier molecular flexibility index (Phi) is 1.89. The average Bonchev–Trinajstić information content (AvgIpc) is 2.40. The number of halogens is 1. The molecule has 0 radical (unpaired) electrons. The lowest BCUT2D eigenvalue weighted by Gasteiger charge is -1.96. The molecule has 0 saturated carbocycles. The maximum atomic E-state index is 11.1. The topological polar surface area (TPSA) is 73.3 Å². The van der Waals surface area contributed by atoms with Gasteiger partial charge in [-0.15, -0.1) is 0 Å². The quantitative estimate of drug-likeness (QED) is 0.756. The lowest BCUT2D eigenvalue weighted by Crippen LogP contribution is -2.16. The van der Waals surface area contributed by atoms with E-state index in [1.165, 1.54) is 4.52 Å². The van der Waals surface area contributed by atoms with Gasteiger partial charge in [0.2, 0.25) is 0 Å². The summed E-state index contributed by atoms with van der Waals surface area (Å²) in [6.07, 6.45) is 0. The molecule has 5 nitrogen and oxygen atoms in total. The lowest BCUT2D eigenvalue weighted by atomic mass is 10.3. The van der Waals surface area contributed by atoms with Crippen molar-refractivity contribution in [2.24, 2.45) is 5.73 Å². The number of nitrogens with two attached hydrogens (primary N) is 1. The average molecular weight is 211 g/mol. The number of primary amides is 1. The number of aryl methyl sites for hydroxylation is 1. The minimum Gasteiger partial charge on any atom is -0.364 e. The minimum atomic E-state index is -0.565. The van der Waals surface area contributed by atoms with Gasteiger partial charge in [0, 0.05) is 0 Å². The molecule has 0 aliphatic heterocycles. The second kappa shape index (κ2) is 2.95. The van der Waals surface area contributed by atoms with E-state index in [4.69, 9.17) is 17.3 Å². The van der Waals surface area contributed by atoms with Crippen LogP contribution in [-0.2, 0) is 0 Å². The minimum absolute atomic E-state index is 0.266. The van der Waals surface area contributed by atoms with Gasteiger partial charge in [0.05, 0.1) is 5.69 Å². The van der Waals surface area contributed by atoms with E-state index < -0.39 is 5.91 Å². The van der Waals surface area contributed by atoms with Gasteiger partial charge in [-0.3, -0.25) is 4.79 Å². The van der Waals surface area contributed by atoms with Crippen LogP contribution in [0, 0.1) is 6.92 Å². The van der Waals surface area contributed by atoms with E-state index in [2.05, 4.69) is 10.1 Å². The van der Waals surface area contributed by atoms with Crippen LogP contribution in [-0.4, -0.2) is 20.5 Å². The van der Waals surface area contributed by atoms with Crippen LogP contribution in [0.2, 0.25) is 5.15 Å². The van der Waals surface area contributed by atoms with Crippen molar-refractivity contribution in [1.29, 1.82) is 0 Å². The number of rotatable bonds is 1. The molecule has 0 unspecified atom stereocenters. The summed E-state index contributed by atoms with van der Waals surface area (Å²) in [6, 6.07) is 3.28. The number of amides is 1. The molecule has 2 aromatic rings. The zero-order chi connectivity index (χ0) is 10.3. The molecule has 1 amide bonds. The van der Waals surface area contributed by atoms with Crippen molar-refractivity contribution in [3.05, 3.63) is 28.7 Å². The fourth-order valence-corrected chi connectivity index (χ4v) is 1.44. The van der Waals surface area contributed by atoms with Crippen LogP contribution in [0.3, 0.4) is 0 Å². The first kappa shape index (κ1) is 8.96. The largest absolute Gasteiger partial charge is 0.364 e. The van der Waals surface area contributed by atoms with Crippen molar-refractivity contribution in [2.75, 3.05) is 0 Å². The van der Waals surface area contributed by atoms with E-state index in [9.17, 15) is 4.79 Å². The third-order valence-electron chi connectivity index (χ3n) is 1.85. The van der Waals surface area contributed by atoms with Crippen LogP contribution in [0.5, 0.6) is 0 Å². The highest BCUT2D eigenvalue weighted by atomic mass is 35.5. The number of hydrogen-bond donors (Lipinski definition) is 1. The molecule has 0 atom stereocenters. The molecule has 2 aromatic heterocycles. The number of hydrogen-bond acceptors (Lipinski definition) is 3. The molecular formula is C8H7ClN4O. The third-order valence-corrected chi connectivity index (χ3v) is 2.05. The molecule has 0 aromatic carbocycles. The van der Waals surface area contributed by atoms with E-state index in [1.807, 2.05) is 0 Å². The SMILES string of the molecule is Cc1nc2ccc(Cl)nn2c1C(N)=O. The van der Waals surface area contributed by atoms with Crippen molar-refractivity contribution in [2.45, 2.75) is 6.92 Å². The Hall–Kier alpha value is -1.62. The number of imidazole rings is 1. The summed E-state index contributed by atoms with van der Waals surface area (Å²) in [5.41, 5.74) is 6.56. The molecule has 0 aliphatic rings. The molecule has 0 bridgehead atoms. The van der Waals surface area contributed by atoms with Gasteiger partial charge in [0.25, 0.3) is 5.91 Å². The van der Waals surface area contributed by atoms with E-state index >= 15 is 0 Å². The Morgan fingerprint density at radius 2 is 2.29 bits per heavy atom. The van der Waals surface area contributed by atoms with Gasteiger partial charge >= 0.3 is 0 Å². The first-order valence-corrected chi connectivity index (χ1v) is 4.29. The molecule has 72 valence electrons. The van der Waals surface area contributed by atoms with E-state index in [0.717, 1.165) is 0 Å². The molecular weight excluding hydrogens is 204 g/mol. The summed E-state index contributed by atoms with van der Waals surface area (Å²) in [7, 11) is 0. The molecule has 0 fully saturated rings. The highest BCUT2D eigenvalue weighted by Gasteiger charge is 2.14. The molecule has 2 rings (SSSR count). The zero-order valence-electron chi connectivity index (χ0n) is 7.36. The molecule has 0 saturated heterocycles. The summed E-state index contributed by atoms with van der Waals surface area (Å²) >= 11 is 5.69. The van der Waals surface area contributed by atoms with Crippen molar-refractivity contribution in [3.63, 3.8) is 0 Å². The number of carbonyl (C=O) groups is 1. The number of nitrogens with zero attached hydrogens (tertiary/aromatic N) is 3. The normalized spacial score (nSPS) is 10.7. The summed E-state index contributed by atoms with van der Waals surface area (Å²) in [5, 5.41) is 4.23. The first-order valence-electron chi connectivity index (χ1n) is 3.91. The number of fused-ring (bicyclic) bond motifs is 1. The third kappa shape index (κ3) is 1.22. The van der Waals surface area contributed by atoms with E-state index in [1.54, 1.807) is 19.1 Å². The summed E-state index contributed by atoms with van der Waals surface area (Å²) in [4.78, 5) is 15.2. The fourth-order valence-electron chi connectivity index (χ4n) is 1.30. The maximum absolute atomic E-state index is 11.1. The highest BCUT2D eigenvalue weighted by Crippen LogP contribution is 2.12. The molecule has 6 heteroatoms. The lowest BCUT2D eigenvalue weighted by molar-refractivity contribution is 0.0993. The smallest absolute Gasteiger partial charge is 0.269 e. The second-order valence-electron chi connectivity index (χ2n) is 2.84. The molecule has 14 heavy (non-hydrogen) atoms. The Labute approximate surface area is 84.5 Å². The maximum Gasteiger partial charge on any atom is 0.269 e. The van der Waals surface area contributed by atoms with Crippen LogP contribution >= 0.6 is 11.6 Å². The number of carbonyl (C=O) groups excluding carboxylic acids is 1. The number of aromatic nitrogens is 3. The standard InChI is InChI=1S/C8H7ClN4O/c1-4-7(8(10)14)13-6(11-4)3-2-5(9)12-13/h2-3H,1H3,(H2,10,14). The van der Waals surface area contributed by atoms with Gasteiger partial charge in [-0.1, -0.05) is 11.6 Å². The van der Waals surface area contributed by atoms with E-state index in [0.29, 0.717) is 11.3 Å². The van der Waals surface area contributed by atoms with Gasteiger partial charge in [0.15, 0.2) is 11.3 Å². The Bertz CT molecular complexity index is 519. The van der Waals surface area contributed by atoms with Crippen molar-refractivity contribution in [3.8, 4) is 0 Å². The summed E-state index contributed by atoms with van der Waals surface area (Å²) < 4.78 is 1.35. The van der Waals surface area contributed by atoms with Crippen molar-refractivity contribution < 1.29 is 4.79 Å². The van der Waals surface area contributed by atoms with Gasteiger partial charge in [-0.05, 0) is 19.1 Å². The summed E-state index contributed by atoms with van der Waals surface area (Å²) in [5.74, 6) is -0.565. The predicted octanol–water partition coefficient (Wildman–Crippen LogP) is 0.790. The molecule has 2 heterocycles. The van der Waals surface area contributed by atoms with E-state index in [-0.39, 0.29) is 10.8 Å². The Morgan fingerprint density at radius 3 is 2.93 bits per heavy atom. The van der Waals surface area contributed by atoms with Gasteiger partial charge in [-0.25, -0.2) is 9.50 Å². The van der Waals surface area contributed by atoms with Gasteiger partial charge in [0.1, 0.15) is 5.15 Å². The Morgan fingerprint density at radius 1 is 1.57 bits per heavy atom. The summed E-state index contributed by atoms with van der Waals surface area (Å²) in [6.45, 7) is 1.70. The Balaban J connectivity index is 2.86. The zero-order valence-corrected chi connectivity index (χ0v) is 8.12. The first-order chi connectivity index (χ1) is 6.59. The van der Waals surface area contributed by atoms with Crippen LogP contribution in [0.25, 0.3) is 5.65 Å². The second-order valence-corrected chi connectivity index (χ2v) is 3.22. The van der Waals surface area contributed by atoms with Gasteiger partial charge < -0.3 is 5.73 Å². The molecule has 0 spiro atoms.